The number of hydrogen-bond donors (Lipinski definition) is 1. The van der Waals surface area contributed by atoms with E-state index in [0.717, 1.165) is 33.6 Å². The summed E-state index contributed by atoms with van der Waals surface area (Å²) in [5.74, 6) is -0.762. The second kappa shape index (κ2) is 14.2. The zero-order chi connectivity index (χ0) is 29.6. The minimum Gasteiger partial charge on any atom is -0.352 e. The average molecular weight is 728 g/mol. The van der Waals surface area contributed by atoms with Crippen LogP contribution in [0, 0.1) is 3.57 Å². The number of benzene rings is 3. The predicted octanol–water partition coefficient (Wildman–Crippen LogP) is 6.66. The first-order chi connectivity index (χ1) is 19.6. The fourth-order valence-electron chi connectivity index (χ4n) is 4.98. The standard InChI is InChI=1S/C30H32Cl2IN3O4S/c1-2-28(30(38)34-23-8-6-7-9-23)35(19-21-12-17-26(31)27(32)18-21)29(37)20-36(24-15-13-22(33)14-16-24)41(39,40)25-10-4-3-5-11-25/h3-5,10-18,23,28H,2,6-9,19-20H2,1H3,(H,34,38)/t28-/m1/s1. The number of nitrogens with one attached hydrogen (secondary N) is 1. The van der Waals surface area contributed by atoms with Crippen molar-refractivity contribution in [2.75, 3.05) is 10.8 Å². The van der Waals surface area contributed by atoms with Gasteiger partial charge in [0.1, 0.15) is 12.6 Å². The van der Waals surface area contributed by atoms with Gasteiger partial charge in [0, 0.05) is 16.2 Å². The maximum absolute atomic E-state index is 14.1. The number of hydrogen-bond acceptors (Lipinski definition) is 4. The Bertz CT molecular complexity index is 1470. The van der Waals surface area contributed by atoms with Crippen molar-refractivity contribution in [2.45, 2.75) is 62.6 Å². The Balaban J connectivity index is 1.71. The third kappa shape index (κ3) is 7.94. The van der Waals surface area contributed by atoms with Gasteiger partial charge in [-0.25, -0.2) is 8.42 Å². The SMILES string of the molecule is CC[C@H](C(=O)NC1CCCC1)N(Cc1ccc(Cl)c(Cl)c1)C(=O)CN(c1ccc(I)cc1)S(=O)(=O)c1ccccc1. The van der Waals surface area contributed by atoms with Crippen LogP contribution in [0.2, 0.25) is 10.0 Å². The Morgan fingerprint density at radius 1 is 0.976 bits per heavy atom. The van der Waals surface area contributed by atoms with Crippen molar-refractivity contribution in [1.82, 2.24) is 10.2 Å². The van der Waals surface area contributed by atoms with Crippen molar-refractivity contribution in [3.8, 4) is 0 Å². The molecule has 0 saturated heterocycles. The molecule has 0 unspecified atom stereocenters. The Labute approximate surface area is 265 Å². The normalized spacial score (nSPS) is 14.4. The molecule has 1 atom stereocenters. The molecule has 3 aromatic rings. The van der Waals surface area contributed by atoms with Crippen LogP contribution in [-0.2, 0) is 26.2 Å². The van der Waals surface area contributed by atoms with E-state index in [4.69, 9.17) is 23.2 Å². The molecule has 1 N–H and O–H groups in total. The van der Waals surface area contributed by atoms with E-state index in [1.807, 2.05) is 6.92 Å². The second-order valence-electron chi connectivity index (χ2n) is 9.99. The Kier molecular flexibility index (Phi) is 11.0. The third-order valence-corrected chi connectivity index (χ3v) is 10.4. The van der Waals surface area contributed by atoms with Crippen LogP contribution in [0.4, 0.5) is 5.69 Å². The van der Waals surface area contributed by atoms with Gasteiger partial charge in [0.05, 0.1) is 20.6 Å². The van der Waals surface area contributed by atoms with Gasteiger partial charge < -0.3 is 10.2 Å². The number of anilines is 1. The first-order valence-electron chi connectivity index (χ1n) is 13.5. The van der Waals surface area contributed by atoms with E-state index in [1.165, 1.54) is 17.0 Å². The molecule has 0 aromatic heterocycles. The van der Waals surface area contributed by atoms with Crippen LogP contribution in [0.1, 0.15) is 44.6 Å². The summed E-state index contributed by atoms with van der Waals surface area (Å²) in [4.78, 5) is 29.2. The molecule has 0 aliphatic heterocycles. The summed E-state index contributed by atoms with van der Waals surface area (Å²) >= 11 is 14.5. The van der Waals surface area contributed by atoms with Crippen LogP contribution in [0.5, 0.6) is 0 Å². The summed E-state index contributed by atoms with van der Waals surface area (Å²) in [5, 5.41) is 3.81. The molecule has 0 heterocycles. The molecule has 3 aromatic carbocycles. The van der Waals surface area contributed by atoms with Crippen molar-refractivity contribution in [2.24, 2.45) is 0 Å². The molecule has 41 heavy (non-hydrogen) atoms. The summed E-state index contributed by atoms with van der Waals surface area (Å²) in [7, 11) is -4.11. The molecule has 218 valence electrons. The summed E-state index contributed by atoms with van der Waals surface area (Å²) in [6.07, 6.45) is 4.25. The van der Waals surface area contributed by atoms with E-state index in [-0.39, 0.29) is 23.4 Å². The van der Waals surface area contributed by atoms with Gasteiger partial charge in [-0.1, -0.05) is 67.2 Å². The van der Waals surface area contributed by atoms with Gasteiger partial charge in [-0.05, 0) is 95.9 Å². The number of amides is 2. The zero-order valence-corrected chi connectivity index (χ0v) is 27.1. The van der Waals surface area contributed by atoms with Gasteiger partial charge in [0.15, 0.2) is 0 Å². The Morgan fingerprint density at radius 3 is 2.24 bits per heavy atom. The van der Waals surface area contributed by atoms with Crippen LogP contribution >= 0.6 is 45.8 Å². The van der Waals surface area contributed by atoms with Crippen molar-refractivity contribution in [1.29, 1.82) is 0 Å². The van der Waals surface area contributed by atoms with Gasteiger partial charge in [-0.15, -0.1) is 0 Å². The summed E-state index contributed by atoms with van der Waals surface area (Å²) in [6, 6.07) is 19.2. The van der Waals surface area contributed by atoms with E-state index in [9.17, 15) is 18.0 Å². The molecule has 1 saturated carbocycles. The molecule has 7 nitrogen and oxygen atoms in total. The summed E-state index contributed by atoms with van der Waals surface area (Å²) in [6.45, 7) is 1.40. The maximum atomic E-state index is 14.1. The molecule has 0 spiro atoms. The van der Waals surface area contributed by atoms with Gasteiger partial charge >= 0.3 is 0 Å². The first-order valence-corrected chi connectivity index (χ1v) is 16.7. The molecule has 0 radical (unpaired) electrons. The number of halogens is 3. The predicted molar refractivity (Wildman–Crippen MR) is 172 cm³/mol. The van der Waals surface area contributed by atoms with Crippen LogP contribution < -0.4 is 9.62 Å². The summed E-state index contributed by atoms with van der Waals surface area (Å²) < 4.78 is 29.7. The molecule has 4 rings (SSSR count). The van der Waals surface area contributed by atoms with E-state index in [0.29, 0.717) is 27.7 Å². The lowest BCUT2D eigenvalue weighted by Gasteiger charge is -2.34. The van der Waals surface area contributed by atoms with Crippen molar-refractivity contribution in [3.05, 3.63) is 92.0 Å². The number of rotatable bonds is 11. The lowest BCUT2D eigenvalue weighted by Crippen LogP contribution is -2.53. The smallest absolute Gasteiger partial charge is 0.264 e. The van der Waals surface area contributed by atoms with Crippen molar-refractivity contribution in [3.63, 3.8) is 0 Å². The van der Waals surface area contributed by atoms with Crippen LogP contribution in [0.15, 0.2) is 77.7 Å². The Morgan fingerprint density at radius 2 is 1.63 bits per heavy atom. The van der Waals surface area contributed by atoms with Crippen molar-refractivity contribution < 1.29 is 18.0 Å². The maximum Gasteiger partial charge on any atom is 0.264 e. The fraction of sp³-hybridized carbons (Fsp3) is 0.333. The van der Waals surface area contributed by atoms with E-state index in [1.54, 1.807) is 60.7 Å². The monoisotopic (exact) mass is 727 g/mol. The molecular weight excluding hydrogens is 696 g/mol. The zero-order valence-electron chi connectivity index (χ0n) is 22.6. The summed E-state index contributed by atoms with van der Waals surface area (Å²) in [5.41, 5.74) is 1.02. The minimum atomic E-state index is -4.11. The number of nitrogens with zero attached hydrogens (tertiary/aromatic N) is 2. The lowest BCUT2D eigenvalue weighted by molar-refractivity contribution is -0.140. The number of carbonyl (C=O) groups is 2. The van der Waals surface area contributed by atoms with Gasteiger partial charge in [-0.2, -0.15) is 0 Å². The van der Waals surface area contributed by atoms with Crippen LogP contribution in [0.3, 0.4) is 0 Å². The van der Waals surface area contributed by atoms with Gasteiger partial charge in [-0.3, -0.25) is 13.9 Å². The van der Waals surface area contributed by atoms with E-state index >= 15 is 0 Å². The highest BCUT2D eigenvalue weighted by Crippen LogP contribution is 2.27. The number of sulfonamides is 1. The fourth-order valence-corrected chi connectivity index (χ4v) is 7.09. The third-order valence-electron chi connectivity index (χ3n) is 7.15. The molecule has 11 heteroatoms. The minimum absolute atomic E-state index is 0.0538. The quantitative estimate of drug-likeness (QED) is 0.224. The molecule has 1 aliphatic rings. The highest BCUT2D eigenvalue weighted by molar-refractivity contribution is 14.1. The lowest BCUT2D eigenvalue weighted by atomic mass is 10.1. The van der Waals surface area contributed by atoms with E-state index in [2.05, 4.69) is 27.9 Å². The van der Waals surface area contributed by atoms with E-state index < -0.39 is 28.5 Å². The Hall–Kier alpha value is -2.34. The topological polar surface area (TPSA) is 86.8 Å². The van der Waals surface area contributed by atoms with Crippen LogP contribution in [0.25, 0.3) is 0 Å². The molecule has 2 amide bonds. The highest BCUT2D eigenvalue weighted by Gasteiger charge is 2.34. The largest absolute Gasteiger partial charge is 0.352 e. The molecule has 0 bridgehead atoms. The highest BCUT2D eigenvalue weighted by atomic mass is 127. The van der Waals surface area contributed by atoms with Crippen molar-refractivity contribution >= 4 is 73.3 Å². The van der Waals surface area contributed by atoms with Crippen LogP contribution in [-0.4, -0.2) is 43.8 Å². The second-order valence-corrected chi connectivity index (χ2v) is 13.9. The molecule has 1 aliphatic carbocycles. The number of carbonyl (C=O) groups excluding carboxylic acids is 2. The average Bonchev–Trinajstić information content (AvgIpc) is 3.47. The molecule has 1 fully saturated rings. The van der Waals surface area contributed by atoms with Gasteiger partial charge in [0.25, 0.3) is 10.0 Å². The molecular formula is C30H32Cl2IN3O4S. The first kappa shape index (κ1) is 31.6. The van der Waals surface area contributed by atoms with Gasteiger partial charge in [0.2, 0.25) is 11.8 Å².